The van der Waals surface area contributed by atoms with Gasteiger partial charge in [-0.05, 0) is 25.3 Å². The maximum Gasteiger partial charge on any atom is 0.330 e. The molecule has 2 aromatic rings. The van der Waals surface area contributed by atoms with Crippen LogP contribution in [0.3, 0.4) is 0 Å². The molecule has 0 bridgehead atoms. The second-order valence-electron chi connectivity index (χ2n) is 6.29. The molecule has 0 saturated carbocycles. The third-order valence-corrected chi connectivity index (χ3v) is 4.84. The molecule has 0 amide bonds. The minimum absolute atomic E-state index is 0.596. The maximum atomic E-state index is 12.0. The number of aliphatic carboxylic acids is 1. The Kier molecular flexibility index (Phi) is 4.81. The van der Waals surface area contributed by atoms with Crippen molar-refractivity contribution >= 4 is 12.0 Å². The summed E-state index contributed by atoms with van der Waals surface area (Å²) >= 11 is 0. The summed E-state index contributed by atoms with van der Waals surface area (Å²) in [6, 6.07) is 10.2. The smallest absolute Gasteiger partial charge is 0.330 e. The monoisotopic (exact) mass is 325 g/mol. The van der Waals surface area contributed by atoms with Gasteiger partial charge in [-0.25, -0.2) is 9.78 Å². The Balaban J connectivity index is 1.63. The lowest BCUT2D eigenvalue weighted by Gasteiger charge is -2.39. The first kappa shape index (κ1) is 16.5. The molecule has 1 aromatic carbocycles. The van der Waals surface area contributed by atoms with Gasteiger partial charge in [-0.3, -0.25) is 4.90 Å². The SMILES string of the molecule is Cc1nccn1C1(C(=O)O)CCN(CC=Cc2ccccc2)CC1. The van der Waals surface area contributed by atoms with Crippen molar-refractivity contribution in [3.05, 3.63) is 60.2 Å². The second-order valence-corrected chi connectivity index (χ2v) is 6.29. The van der Waals surface area contributed by atoms with Crippen LogP contribution in [0.5, 0.6) is 0 Å². The van der Waals surface area contributed by atoms with Crippen LogP contribution >= 0.6 is 0 Å². The zero-order valence-electron chi connectivity index (χ0n) is 13.9. The summed E-state index contributed by atoms with van der Waals surface area (Å²) < 4.78 is 1.83. The van der Waals surface area contributed by atoms with Crippen LogP contribution in [0.2, 0.25) is 0 Å². The zero-order valence-corrected chi connectivity index (χ0v) is 13.9. The number of imidazole rings is 1. The van der Waals surface area contributed by atoms with Crippen LogP contribution in [0.4, 0.5) is 0 Å². The molecule has 1 aromatic heterocycles. The summed E-state index contributed by atoms with van der Waals surface area (Å²) in [6.45, 7) is 4.24. The van der Waals surface area contributed by atoms with Crippen LogP contribution in [-0.4, -0.2) is 45.2 Å². The van der Waals surface area contributed by atoms with Gasteiger partial charge in [0.1, 0.15) is 11.4 Å². The lowest BCUT2D eigenvalue weighted by molar-refractivity contribution is -0.150. The number of likely N-dealkylation sites (tertiary alicyclic amines) is 1. The predicted molar refractivity (Wildman–Crippen MR) is 93.7 cm³/mol. The van der Waals surface area contributed by atoms with Crippen molar-refractivity contribution in [1.29, 1.82) is 0 Å². The minimum Gasteiger partial charge on any atom is -0.479 e. The molecule has 5 nitrogen and oxygen atoms in total. The molecule has 1 aliphatic rings. The molecule has 1 aliphatic heterocycles. The van der Waals surface area contributed by atoms with E-state index in [2.05, 4.69) is 34.2 Å². The van der Waals surface area contributed by atoms with E-state index in [0.717, 1.165) is 25.5 Å². The highest BCUT2D eigenvalue weighted by atomic mass is 16.4. The van der Waals surface area contributed by atoms with Crippen molar-refractivity contribution in [1.82, 2.24) is 14.5 Å². The highest BCUT2D eigenvalue weighted by molar-refractivity contribution is 5.77. The van der Waals surface area contributed by atoms with E-state index >= 15 is 0 Å². The number of hydrogen-bond donors (Lipinski definition) is 1. The first-order valence-electron chi connectivity index (χ1n) is 8.30. The Hall–Kier alpha value is -2.40. The molecule has 1 fully saturated rings. The molecule has 0 atom stereocenters. The number of aryl methyl sites for hydroxylation is 1. The van der Waals surface area contributed by atoms with E-state index in [1.807, 2.05) is 29.7 Å². The quantitative estimate of drug-likeness (QED) is 0.918. The van der Waals surface area contributed by atoms with Gasteiger partial charge >= 0.3 is 5.97 Å². The van der Waals surface area contributed by atoms with Crippen LogP contribution < -0.4 is 0 Å². The average Bonchev–Trinajstić information content (AvgIpc) is 3.03. The van der Waals surface area contributed by atoms with Gasteiger partial charge < -0.3 is 9.67 Å². The molecule has 126 valence electrons. The molecular formula is C19H23N3O2. The van der Waals surface area contributed by atoms with Gasteiger partial charge in [-0.15, -0.1) is 0 Å². The van der Waals surface area contributed by atoms with Gasteiger partial charge in [0, 0.05) is 32.0 Å². The van der Waals surface area contributed by atoms with Crippen molar-refractivity contribution in [2.75, 3.05) is 19.6 Å². The lowest BCUT2D eigenvalue weighted by atomic mass is 9.87. The van der Waals surface area contributed by atoms with Crippen LogP contribution in [0.25, 0.3) is 6.08 Å². The fraction of sp³-hybridized carbons (Fsp3) is 0.368. The summed E-state index contributed by atoms with van der Waals surface area (Å²) in [7, 11) is 0. The Bertz CT molecular complexity index is 713. The molecule has 5 heteroatoms. The summed E-state index contributed by atoms with van der Waals surface area (Å²) in [6.07, 6.45) is 8.91. The number of aromatic nitrogens is 2. The van der Waals surface area contributed by atoms with Crippen molar-refractivity contribution in [3.63, 3.8) is 0 Å². The Morgan fingerprint density at radius 2 is 2.00 bits per heavy atom. The Labute approximate surface area is 142 Å². The minimum atomic E-state index is -0.861. The topological polar surface area (TPSA) is 58.4 Å². The maximum absolute atomic E-state index is 12.0. The highest BCUT2D eigenvalue weighted by Gasteiger charge is 2.43. The predicted octanol–water partition coefficient (Wildman–Crippen LogP) is 2.78. The summed E-state index contributed by atoms with van der Waals surface area (Å²) in [5.41, 5.74) is 0.323. The summed E-state index contributed by atoms with van der Waals surface area (Å²) in [5, 5.41) is 9.81. The molecule has 1 N–H and O–H groups in total. The van der Waals surface area contributed by atoms with E-state index in [4.69, 9.17) is 0 Å². The molecule has 0 spiro atoms. The normalized spacial score (nSPS) is 18.0. The Morgan fingerprint density at radius 3 is 2.58 bits per heavy atom. The molecule has 24 heavy (non-hydrogen) atoms. The van der Waals surface area contributed by atoms with Crippen LogP contribution in [0.15, 0.2) is 48.8 Å². The number of carboxylic acid groups (broad SMARTS) is 1. The van der Waals surface area contributed by atoms with E-state index in [-0.39, 0.29) is 0 Å². The van der Waals surface area contributed by atoms with Gasteiger partial charge in [-0.1, -0.05) is 42.5 Å². The van der Waals surface area contributed by atoms with Gasteiger partial charge in [0.05, 0.1) is 0 Å². The molecule has 0 unspecified atom stereocenters. The summed E-state index contributed by atoms with van der Waals surface area (Å²) in [4.78, 5) is 18.4. The largest absolute Gasteiger partial charge is 0.479 e. The number of nitrogens with zero attached hydrogens (tertiary/aromatic N) is 3. The molecular weight excluding hydrogens is 302 g/mol. The summed E-state index contributed by atoms with van der Waals surface area (Å²) in [5.74, 6) is -0.00194. The van der Waals surface area contributed by atoms with Crippen LogP contribution in [0, 0.1) is 6.92 Å². The number of carbonyl (C=O) groups is 1. The third kappa shape index (κ3) is 3.26. The molecule has 3 rings (SSSR count). The van der Waals surface area contributed by atoms with Gasteiger partial charge in [0.25, 0.3) is 0 Å². The van der Waals surface area contributed by atoms with E-state index in [9.17, 15) is 9.90 Å². The van der Waals surface area contributed by atoms with Crippen LogP contribution in [-0.2, 0) is 10.3 Å². The number of carboxylic acids is 1. The third-order valence-electron chi connectivity index (χ3n) is 4.84. The molecule has 0 radical (unpaired) electrons. The number of piperidine rings is 1. The fourth-order valence-corrected chi connectivity index (χ4v) is 3.40. The standard InChI is InChI=1S/C19H23N3O2/c1-16-20-11-15-22(16)19(18(23)24)9-13-21(14-10-19)12-5-8-17-6-3-2-4-7-17/h2-8,11,15H,9-10,12-14H2,1H3,(H,23,24). The van der Waals surface area contributed by atoms with Crippen molar-refractivity contribution in [2.45, 2.75) is 25.3 Å². The molecule has 0 aliphatic carbocycles. The van der Waals surface area contributed by atoms with Gasteiger partial charge in [-0.2, -0.15) is 0 Å². The van der Waals surface area contributed by atoms with Crippen LogP contribution in [0.1, 0.15) is 24.2 Å². The van der Waals surface area contributed by atoms with Gasteiger partial charge in [0.15, 0.2) is 0 Å². The first-order valence-corrected chi connectivity index (χ1v) is 8.30. The van der Waals surface area contributed by atoms with E-state index in [0.29, 0.717) is 12.8 Å². The lowest BCUT2D eigenvalue weighted by Crippen LogP contribution is -2.51. The average molecular weight is 325 g/mol. The van der Waals surface area contributed by atoms with Crippen molar-refractivity contribution in [2.24, 2.45) is 0 Å². The fourth-order valence-electron chi connectivity index (χ4n) is 3.40. The van der Waals surface area contributed by atoms with Gasteiger partial charge in [0.2, 0.25) is 0 Å². The number of hydrogen-bond acceptors (Lipinski definition) is 3. The number of rotatable bonds is 5. The van der Waals surface area contributed by atoms with E-state index in [1.54, 1.807) is 12.4 Å². The number of benzene rings is 1. The van der Waals surface area contributed by atoms with Crippen molar-refractivity contribution in [3.8, 4) is 0 Å². The van der Waals surface area contributed by atoms with E-state index < -0.39 is 11.5 Å². The highest BCUT2D eigenvalue weighted by Crippen LogP contribution is 2.31. The zero-order chi connectivity index (χ0) is 17.0. The van der Waals surface area contributed by atoms with Crippen molar-refractivity contribution < 1.29 is 9.90 Å². The first-order chi connectivity index (χ1) is 11.6. The molecule has 2 heterocycles. The Morgan fingerprint density at radius 1 is 1.29 bits per heavy atom. The second kappa shape index (κ2) is 7.01. The van der Waals surface area contributed by atoms with E-state index in [1.165, 1.54) is 5.56 Å². The molecule has 1 saturated heterocycles.